The molecule has 1 spiro atoms. The molecule has 1 N–H and O–H groups in total. The van der Waals surface area contributed by atoms with Gasteiger partial charge in [-0.05, 0) is 37.2 Å². The average Bonchev–Trinajstić information content (AvgIpc) is 3.45. The molecule has 2 aromatic rings. The van der Waals surface area contributed by atoms with Crippen LogP contribution in [0.2, 0.25) is 0 Å². The first-order valence-electron chi connectivity index (χ1n) is 10.9. The Morgan fingerprint density at radius 1 is 1.18 bits per heavy atom. The number of aliphatic imine (C=N–C) groups is 1. The summed E-state index contributed by atoms with van der Waals surface area (Å²) in [5.74, 6) is 2.20. The Hall–Kier alpha value is -2.30. The normalized spacial score (nSPS) is 18.9. The Balaban J connectivity index is 1.37. The molecule has 2 fully saturated rings. The number of benzene rings is 1. The van der Waals surface area contributed by atoms with Crippen molar-refractivity contribution in [3.8, 4) is 0 Å². The lowest BCUT2D eigenvalue weighted by atomic mass is 9.86. The van der Waals surface area contributed by atoms with Gasteiger partial charge in [0.15, 0.2) is 5.96 Å². The minimum absolute atomic E-state index is 0.572. The number of aromatic nitrogens is 2. The molecule has 1 saturated heterocycles. The van der Waals surface area contributed by atoms with Crippen LogP contribution in [0.5, 0.6) is 0 Å². The molecule has 2 aliphatic rings. The first kappa shape index (κ1) is 19.0. The number of nitrogens with one attached hydrogen (secondary N) is 1. The highest BCUT2D eigenvalue weighted by molar-refractivity contribution is 5.80. The number of hydrogen-bond donors (Lipinski definition) is 1. The molecule has 2 heterocycles. The maximum atomic E-state index is 4.95. The van der Waals surface area contributed by atoms with Crippen LogP contribution in [0.3, 0.4) is 0 Å². The fraction of sp³-hybridized carbons (Fsp3) is 0.565. The number of imidazole rings is 1. The summed E-state index contributed by atoms with van der Waals surface area (Å²) >= 11 is 0. The summed E-state index contributed by atoms with van der Waals surface area (Å²) in [6.45, 7) is 7.05. The SMILES string of the molecule is CCNC(=NCCc1nccn1Cc1ccccc1)N1CCC2(CCCC2)C1. The summed E-state index contributed by atoms with van der Waals surface area (Å²) in [6, 6.07) is 10.6. The topological polar surface area (TPSA) is 45.5 Å². The van der Waals surface area contributed by atoms with Gasteiger partial charge in [-0.25, -0.2) is 4.98 Å². The summed E-state index contributed by atoms with van der Waals surface area (Å²) < 4.78 is 2.24. The summed E-state index contributed by atoms with van der Waals surface area (Å²) in [7, 11) is 0. The third-order valence-corrected chi connectivity index (χ3v) is 6.33. The van der Waals surface area contributed by atoms with Crippen LogP contribution >= 0.6 is 0 Å². The van der Waals surface area contributed by atoms with Gasteiger partial charge < -0.3 is 14.8 Å². The van der Waals surface area contributed by atoms with Crippen molar-refractivity contribution in [1.82, 2.24) is 19.8 Å². The van der Waals surface area contributed by atoms with E-state index in [4.69, 9.17) is 4.99 Å². The maximum Gasteiger partial charge on any atom is 0.193 e. The van der Waals surface area contributed by atoms with Gasteiger partial charge in [-0.2, -0.15) is 0 Å². The van der Waals surface area contributed by atoms with E-state index >= 15 is 0 Å². The number of rotatable bonds is 6. The molecule has 0 radical (unpaired) electrons. The number of hydrogen-bond acceptors (Lipinski definition) is 2. The van der Waals surface area contributed by atoms with Crippen LogP contribution in [-0.4, -0.2) is 46.6 Å². The molecule has 1 aromatic heterocycles. The molecule has 0 bridgehead atoms. The molecule has 0 amide bonds. The van der Waals surface area contributed by atoms with Crippen molar-refractivity contribution in [2.24, 2.45) is 10.4 Å². The second kappa shape index (κ2) is 8.80. The zero-order chi connectivity index (χ0) is 19.2. The van der Waals surface area contributed by atoms with Crippen LogP contribution in [0.15, 0.2) is 47.7 Å². The van der Waals surface area contributed by atoms with Crippen LogP contribution in [0.25, 0.3) is 0 Å². The fourth-order valence-electron chi connectivity index (χ4n) is 4.83. The smallest absolute Gasteiger partial charge is 0.193 e. The van der Waals surface area contributed by atoms with Gasteiger partial charge in [0.1, 0.15) is 5.82 Å². The van der Waals surface area contributed by atoms with Gasteiger partial charge in [-0.3, -0.25) is 4.99 Å². The summed E-state index contributed by atoms with van der Waals surface area (Å²) in [6.07, 6.45) is 11.8. The van der Waals surface area contributed by atoms with Crippen LogP contribution in [0, 0.1) is 5.41 Å². The molecular weight excluding hydrogens is 346 g/mol. The Bertz CT molecular complexity index is 773. The van der Waals surface area contributed by atoms with Crippen molar-refractivity contribution in [2.75, 3.05) is 26.2 Å². The van der Waals surface area contributed by atoms with Gasteiger partial charge >= 0.3 is 0 Å². The minimum atomic E-state index is 0.572. The molecule has 5 nitrogen and oxygen atoms in total. The zero-order valence-electron chi connectivity index (χ0n) is 17.1. The lowest BCUT2D eigenvalue weighted by molar-refractivity contribution is 0.309. The van der Waals surface area contributed by atoms with E-state index in [1.807, 2.05) is 6.20 Å². The number of nitrogens with zero attached hydrogens (tertiary/aromatic N) is 4. The van der Waals surface area contributed by atoms with Crippen molar-refractivity contribution in [2.45, 2.75) is 52.0 Å². The third-order valence-electron chi connectivity index (χ3n) is 6.33. The molecule has 1 aliphatic carbocycles. The van der Waals surface area contributed by atoms with Crippen molar-refractivity contribution in [3.05, 3.63) is 54.1 Å². The first-order valence-corrected chi connectivity index (χ1v) is 10.9. The summed E-state index contributed by atoms with van der Waals surface area (Å²) in [5, 5.41) is 3.51. The van der Waals surface area contributed by atoms with E-state index in [-0.39, 0.29) is 0 Å². The van der Waals surface area contributed by atoms with Crippen molar-refractivity contribution >= 4 is 5.96 Å². The Morgan fingerprint density at radius 2 is 2.00 bits per heavy atom. The van der Waals surface area contributed by atoms with E-state index in [1.54, 1.807) is 0 Å². The van der Waals surface area contributed by atoms with E-state index in [0.717, 1.165) is 44.4 Å². The van der Waals surface area contributed by atoms with Crippen LogP contribution in [0.1, 0.15) is 50.4 Å². The van der Waals surface area contributed by atoms with Crippen molar-refractivity contribution in [3.63, 3.8) is 0 Å². The molecule has 4 rings (SSSR count). The molecule has 0 atom stereocenters. The quantitative estimate of drug-likeness (QED) is 0.615. The first-order chi connectivity index (χ1) is 13.8. The fourth-order valence-corrected chi connectivity index (χ4v) is 4.83. The Kier molecular flexibility index (Phi) is 5.98. The molecule has 1 aliphatic heterocycles. The van der Waals surface area contributed by atoms with Crippen molar-refractivity contribution < 1.29 is 0 Å². The van der Waals surface area contributed by atoms with Gasteiger partial charge in [-0.15, -0.1) is 0 Å². The molecule has 1 saturated carbocycles. The predicted molar refractivity (Wildman–Crippen MR) is 115 cm³/mol. The minimum Gasteiger partial charge on any atom is -0.357 e. The maximum absolute atomic E-state index is 4.95. The molecular formula is C23H33N5. The van der Waals surface area contributed by atoms with Gasteiger partial charge in [-0.1, -0.05) is 43.2 Å². The molecule has 28 heavy (non-hydrogen) atoms. The lowest BCUT2D eigenvalue weighted by Crippen LogP contribution is -2.41. The Labute approximate surface area is 168 Å². The highest BCUT2D eigenvalue weighted by atomic mass is 15.3. The standard InChI is InChI=1S/C23H33N5/c1-2-24-22(28-16-13-23(19-28)11-6-7-12-23)26-14-10-21-25-15-17-27(21)18-20-8-4-3-5-9-20/h3-5,8-9,15,17H,2,6-7,10-14,16,18-19H2,1H3,(H,24,26). The second-order valence-corrected chi connectivity index (χ2v) is 8.32. The van der Waals surface area contributed by atoms with Gasteiger partial charge in [0.25, 0.3) is 0 Å². The van der Waals surface area contributed by atoms with E-state index in [1.165, 1.54) is 44.2 Å². The van der Waals surface area contributed by atoms with Crippen LogP contribution < -0.4 is 5.32 Å². The van der Waals surface area contributed by atoms with Gasteiger partial charge in [0.05, 0.1) is 0 Å². The average molecular weight is 380 g/mol. The van der Waals surface area contributed by atoms with Crippen molar-refractivity contribution in [1.29, 1.82) is 0 Å². The largest absolute Gasteiger partial charge is 0.357 e. The second-order valence-electron chi connectivity index (χ2n) is 8.32. The van der Waals surface area contributed by atoms with Gasteiger partial charge in [0.2, 0.25) is 0 Å². The summed E-state index contributed by atoms with van der Waals surface area (Å²) in [5.41, 5.74) is 1.87. The number of likely N-dealkylation sites (tertiary alicyclic amines) is 1. The van der Waals surface area contributed by atoms with Crippen LogP contribution in [0.4, 0.5) is 0 Å². The lowest BCUT2D eigenvalue weighted by Gasteiger charge is -2.26. The predicted octanol–water partition coefficient (Wildman–Crippen LogP) is 3.71. The molecule has 1 aromatic carbocycles. The highest BCUT2D eigenvalue weighted by Gasteiger charge is 2.41. The van der Waals surface area contributed by atoms with Crippen LogP contribution in [-0.2, 0) is 13.0 Å². The van der Waals surface area contributed by atoms with E-state index in [0.29, 0.717) is 5.41 Å². The van der Waals surface area contributed by atoms with Gasteiger partial charge in [0, 0.05) is 51.5 Å². The molecule has 5 heteroatoms. The Morgan fingerprint density at radius 3 is 2.79 bits per heavy atom. The monoisotopic (exact) mass is 379 g/mol. The molecule has 0 unspecified atom stereocenters. The summed E-state index contributed by atoms with van der Waals surface area (Å²) in [4.78, 5) is 12.0. The van der Waals surface area contributed by atoms with E-state index < -0.39 is 0 Å². The van der Waals surface area contributed by atoms with E-state index in [9.17, 15) is 0 Å². The zero-order valence-corrected chi connectivity index (χ0v) is 17.1. The molecule has 150 valence electrons. The highest BCUT2D eigenvalue weighted by Crippen LogP contribution is 2.45. The third kappa shape index (κ3) is 4.40. The van der Waals surface area contributed by atoms with E-state index in [2.05, 4.69) is 63.2 Å². The number of guanidine groups is 1.